The fraction of sp³-hybridized carbons (Fsp3) is 0.190. The molecule has 3 rings (SSSR count). The van der Waals surface area contributed by atoms with Gasteiger partial charge < -0.3 is 14.0 Å². The van der Waals surface area contributed by atoms with Crippen LogP contribution in [-0.4, -0.2) is 29.8 Å². The fourth-order valence-electron chi connectivity index (χ4n) is 2.53. The van der Waals surface area contributed by atoms with E-state index in [2.05, 4.69) is 26.8 Å². The Morgan fingerprint density at radius 1 is 1.21 bits per heavy atom. The van der Waals surface area contributed by atoms with Gasteiger partial charge in [-0.15, -0.1) is 6.58 Å². The first-order chi connectivity index (χ1) is 13.7. The predicted molar refractivity (Wildman–Crippen MR) is 103 cm³/mol. The molecule has 0 spiro atoms. The largest absolute Gasteiger partial charge is 0.485 e. The third kappa shape index (κ3) is 5.05. The van der Waals surface area contributed by atoms with E-state index in [1.165, 1.54) is 7.11 Å². The Kier molecular flexibility index (Phi) is 6.54. The molecular weight excluding hydrogens is 358 g/mol. The number of methoxy groups -OCH3 is 1. The molecule has 0 bridgehead atoms. The molecule has 1 heterocycles. The van der Waals surface area contributed by atoms with E-state index in [1.54, 1.807) is 6.08 Å². The van der Waals surface area contributed by atoms with Crippen LogP contribution in [0.4, 0.5) is 0 Å². The maximum absolute atomic E-state index is 11.3. The number of benzene rings is 2. The van der Waals surface area contributed by atoms with E-state index in [0.29, 0.717) is 17.5 Å². The van der Waals surface area contributed by atoms with Gasteiger partial charge in [0.25, 0.3) is 5.89 Å². The van der Waals surface area contributed by atoms with E-state index in [1.807, 2.05) is 54.6 Å². The van der Waals surface area contributed by atoms with E-state index >= 15 is 0 Å². The normalized spacial score (nSPS) is 11.6. The van der Waals surface area contributed by atoms with Crippen LogP contribution in [0.25, 0.3) is 11.5 Å². The van der Waals surface area contributed by atoms with Gasteiger partial charge in [0.15, 0.2) is 6.61 Å². The van der Waals surface area contributed by atoms with E-state index in [0.717, 1.165) is 11.1 Å². The molecule has 1 atom stereocenters. The van der Waals surface area contributed by atoms with Gasteiger partial charge in [-0.2, -0.15) is 4.98 Å². The minimum absolute atomic E-state index is 0.104. The first kappa shape index (κ1) is 19.3. The summed E-state index contributed by atoms with van der Waals surface area (Å²) in [5.41, 5.74) is 1.82. The summed E-state index contributed by atoms with van der Waals surface area (Å²) in [7, 11) is 1.35. The molecule has 0 aliphatic rings. The summed E-state index contributed by atoms with van der Waals surface area (Å²) < 4.78 is 15.6. The Morgan fingerprint density at radius 2 is 1.96 bits per heavy atom. The molecule has 2 aromatic carbocycles. The van der Waals surface area contributed by atoms with E-state index in [-0.39, 0.29) is 25.2 Å². The van der Waals surface area contributed by atoms with Crippen molar-refractivity contribution in [1.29, 1.82) is 0 Å². The van der Waals surface area contributed by atoms with Crippen molar-refractivity contribution in [2.24, 2.45) is 0 Å². The highest BCUT2D eigenvalue weighted by Gasteiger charge is 2.11. The number of carbonyl (C=O) groups excluding carboxylic acids is 1. The predicted octanol–water partition coefficient (Wildman–Crippen LogP) is 3.31. The van der Waals surface area contributed by atoms with Crippen LogP contribution in [0.1, 0.15) is 17.4 Å². The number of carbonyl (C=O) groups is 1. The van der Waals surface area contributed by atoms with Crippen LogP contribution in [-0.2, 0) is 16.1 Å². The van der Waals surface area contributed by atoms with Gasteiger partial charge in [0.05, 0.1) is 19.7 Å². The third-order valence-corrected chi connectivity index (χ3v) is 4.03. The average molecular weight is 379 g/mol. The Balaban J connectivity index is 1.56. The second kappa shape index (κ2) is 9.48. The van der Waals surface area contributed by atoms with Gasteiger partial charge in [0.1, 0.15) is 5.75 Å². The summed E-state index contributed by atoms with van der Waals surface area (Å²) in [6.45, 7) is 4.09. The first-order valence-electron chi connectivity index (χ1n) is 8.73. The van der Waals surface area contributed by atoms with Crippen molar-refractivity contribution in [3.8, 4) is 17.2 Å². The van der Waals surface area contributed by atoms with Crippen molar-refractivity contribution in [1.82, 2.24) is 15.5 Å². The monoisotopic (exact) mass is 379 g/mol. The van der Waals surface area contributed by atoms with Gasteiger partial charge in [-0.25, -0.2) is 0 Å². The lowest BCUT2D eigenvalue weighted by atomic mass is 10.1. The lowest BCUT2D eigenvalue weighted by Gasteiger charge is -2.15. The average Bonchev–Trinajstić information content (AvgIpc) is 3.23. The van der Waals surface area contributed by atoms with Crippen molar-refractivity contribution in [2.75, 3.05) is 13.7 Å². The summed E-state index contributed by atoms with van der Waals surface area (Å²) in [4.78, 5) is 15.6. The SMILES string of the molecule is C=CC(NCC(=O)OC)c1ccc(OCc2noc(-c3ccccc3)n2)cc1. The zero-order valence-electron chi connectivity index (χ0n) is 15.5. The first-order valence-corrected chi connectivity index (χ1v) is 8.73. The second-order valence-corrected chi connectivity index (χ2v) is 5.91. The van der Waals surface area contributed by atoms with E-state index in [4.69, 9.17) is 9.26 Å². The molecule has 28 heavy (non-hydrogen) atoms. The van der Waals surface area contributed by atoms with Gasteiger partial charge in [-0.05, 0) is 29.8 Å². The number of hydrogen-bond acceptors (Lipinski definition) is 7. The molecular formula is C21H21N3O4. The lowest BCUT2D eigenvalue weighted by Crippen LogP contribution is -2.27. The highest BCUT2D eigenvalue weighted by Crippen LogP contribution is 2.20. The summed E-state index contributed by atoms with van der Waals surface area (Å²) >= 11 is 0. The fourth-order valence-corrected chi connectivity index (χ4v) is 2.53. The summed E-state index contributed by atoms with van der Waals surface area (Å²) in [5.74, 6) is 1.26. The molecule has 144 valence electrons. The highest BCUT2D eigenvalue weighted by molar-refractivity contribution is 5.71. The van der Waals surface area contributed by atoms with E-state index < -0.39 is 0 Å². The molecule has 7 nitrogen and oxygen atoms in total. The molecule has 1 unspecified atom stereocenters. The second-order valence-electron chi connectivity index (χ2n) is 5.91. The van der Waals surface area contributed by atoms with Gasteiger partial charge in [0.2, 0.25) is 5.82 Å². The minimum Gasteiger partial charge on any atom is -0.485 e. The Morgan fingerprint density at radius 3 is 2.64 bits per heavy atom. The lowest BCUT2D eigenvalue weighted by molar-refractivity contribution is -0.139. The van der Waals surface area contributed by atoms with Crippen molar-refractivity contribution >= 4 is 5.97 Å². The number of nitrogens with one attached hydrogen (secondary N) is 1. The molecule has 7 heteroatoms. The smallest absolute Gasteiger partial charge is 0.319 e. The zero-order chi connectivity index (χ0) is 19.8. The Labute approximate surface area is 163 Å². The summed E-state index contributed by atoms with van der Waals surface area (Å²) in [6.07, 6.45) is 1.73. The van der Waals surface area contributed by atoms with Crippen LogP contribution in [0.3, 0.4) is 0 Å². The van der Waals surface area contributed by atoms with Crippen LogP contribution in [0.2, 0.25) is 0 Å². The van der Waals surface area contributed by atoms with Gasteiger partial charge >= 0.3 is 5.97 Å². The molecule has 3 aromatic rings. The molecule has 1 aromatic heterocycles. The molecule has 0 fully saturated rings. The number of aromatic nitrogens is 2. The zero-order valence-corrected chi connectivity index (χ0v) is 15.5. The molecule has 0 aliphatic carbocycles. The van der Waals surface area contributed by atoms with Crippen molar-refractivity contribution < 1.29 is 18.8 Å². The molecule has 0 aliphatic heterocycles. The van der Waals surface area contributed by atoms with Crippen LogP contribution in [0.15, 0.2) is 71.8 Å². The highest BCUT2D eigenvalue weighted by atomic mass is 16.5. The molecule has 0 amide bonds. The Hall–Kier alpha value is -3.45. The topological polar surface area (TPSA) is 86.5 Å². The van der Waals surface area contributed by atoms with Gasteiger partial charge in [0, 0.05) is 5.56 Å². The molecule has 0 saturated heterocycles. The van der Waals surface area contributed by atoms with Crippen molar-refractivity contribution in [3.05, 3.63) is 78.6 Å². The summed E-state index contributed by atoms with van der Waals surface area (Å²) in [5, 5.41) is 7.00. The van der Waals surface area contributed by atoms with Crippen molar-refractivity contribution in [2.45, 2.75) is 12.6 Å². The van der Waals surface area contributed by atoms with Crippen molar-refractivity contribution in [3.63, 3.8) is 0 Å². The molecule has 0 radical (unpaired) electrons. The standard InChI is InChI=1S/C21H21N3O4/c1-3-18(22-13-20(25)26-2)15-9-11-17(12-10-15)27-14-19-23-21(28-24-19)16-7-5-4-6-8-16/h3-12,18,22H,1,13-14H2,2H3. The number of ether oxygens (including phenoxy) is 2. The number of hydrogen-bond donors (Lipinski definition) is 1. The summed E-state index contributed by atoms with van der Waals surface area (Å²) in [6, 6.07) is 16.9. The van der Waals surface area contributed by atoms with Crippen LogP contribution in [0, 0.1) is 0 Å². The van der Waals surface area contributed by atoms with Crippen LogP contribution >= 0.6 is 0 Å². The van der Waals surface area contributed by atoms with Crippen LogP contribution in [0.5, 0.6) is 5.75 Å². The molecule has 1 N–H and O–H groups in total. The minimum atomic E-state index is -0.332. The quantitative estimate of drug-likeness (QED) is 0.451. The van der Waals surface area contributed by atoms with Crippen LogP contribution < -0.4 is 10.1 Å². The maximum atomic E-state index is 11.3. The van der Waals surface area contributed by atoms with Gasteiger partial charge in [-0.1, -0.05) is 41.6 Å². The maximum Gasteiger partial charge on any atom is 0.319 e. The molecule has 0 saturated carbocycles. The number of nitrogens with zero attached hydrogens (tertiary/aromatic N) is 2. The number of rotatable bonds is 9. The van der Waals surface area contributed by atoms with E-state index in [9.17, 15) is 4.79 Å². The third-order valence-electron chi connectivity index (χ3n) is 4.03. The van der Waals surface area contributed by atoms with Gasteiger partial charge in [-0.3, -0.25) is 10.1 Å². The Bertz CT molecular complexity index is 907. The number of esters is 1.